The van der Waals surface area contributed by atoms with Crippen molar-refractivity contribution >= 4 is 17.2 Å². The van der Waals surface area contributed by atoms with Gasteiger partial charge in [0.1, 0.15) is 18.3 Å². The van der Waals surface area contributed by atoms with Gasteiger partial charge < -0.3 is 9.80 Å². The van der Waals surface area contributed by atoms with E-state index in [2.05, 4.69) is 38.7 Å². The van der Waals surface area contributed by atoms with Crippen LogP contribution < -0.4 is 9.80 Å². The molecule has 3 rings (SSSR count). The largest absolute Gasteiger partial charge is 0.351 e. The third-order valence-electron chi connectivity index (χ3n) is 3.45. The minimum absolute atomic E-state index is 0.220. The van der Waals surface area contributed by atoms with Gasteiger partial charge in [0, 0.05) is 25.0 Å². The predicted octanol–water partition coefficient (Wildman–Crippen LogP) is 2.11. The lowest BCUT2D eigenvalue weighted by Gasteiger charge is -2.27. The molecule has 2 aromatic rings. The Kier molecular flexibility index (Phi) is 2.40. The Morgan fingerprint density at radius 3 is 2.78 bits per heavy atom. The van der Waals surface area contributed by atoms with Crippen molar-refractivity contribution in [3.63, 3.8) is 0 Å². The van der Waals surface area contributed by atoms with Crippen molar-refractivity contribution in [2.45, 2.75) is 20.0 Å². The molecule has 0 bridgehead atoms. The van der Waals surface area contributed by atoms with E-state index in [9.17, 15) is 0 Å². The maximum atomic E-state index is 4.41. The first kappa shape index (κ1) is 11.0. The molecule has 5 heteroatoms. The highest BCUT2D eigenvalue weighted by molar-refractivity contribution is 5.82. The molecule has 1 unspecified atom stereocenters. The topological polar surface area (TPSA) is 45.2 Å². The van der Waals surface area contributed by atoms with Crippen LogP contribution in [0.3, 0.4) is 0 Å². The van der Waals surface area contributed by atoms with Crippen molar-refractivity contribution in [3.8, 4) is 0 Å². The van der Waals surface area contributed by atoms with E-state index < -0.39 is 0 Å². The van der Waals surface area contributed by atoms with Crippen molar-refractivity contribution in [1.29, 1.82) is 0 Å². The monoisotopic (exact) mass is 241 g/mol. The van der Waals surface area contributed by atoms with Gasteiger partial charge in [0.2, 0.25) is 0 Å². The number of hydrogen-bond acceptors (Lipinski definition) is 5. The second kappa shape index (κ2) is 3.94. The highest BCUT2D eigenvalue weighted by atomic mass is 15.4. The zero-order valence-corrected chi connectivity index (χ0v) is 10.7. The van der Waals surface area contributed by atoms with Crippen LogP contribution in [0.1, 0.15) is 12.5 Å². The summed E-state index contributed by atoms with van der Waals surface area (Å²) in [4.78, 5) is 17.1. The molecule has 1 aliphatic rings. The maximum Gasteiger partial charge on any atom is 0.141 e. The number of anilines is 3. The Balaban J connectivity index is 2.16. The van der Waals surface area contributed by atoms with E-state index in [0.29, 0.717) is 0 Å². The molecule has 0 N–H and O–H groups in total. The van der Waals surface area contributed by atoms with E-state index in [1.165, 1.54) is 0 Å². The third-order valence-corrected chi connectivity index (χ3v) is 3.45. The number of rotatable bonds is 1. The van der Waals surface area contributed by atoms with E-state index >= 15 is 0 Å². The minimum Gasteiger partial charge on any atom is -0.351 e. The fourth-order valence-electron chi connectivity index (χ4n) is 2.37. The minimum atomic E-state index is 0.220. The van der Waals surface area contributed by atoms with Crippen molar-refractivity contribution in [2.24, 2.45) is 0 Å². The number of hydrogen-bond donors (Lipinski definition) is 0. The van der Waals surface area contributed by atoms with Crippen LogP contribution >= 0.6 is 0 Å². The molecule has 0 saturated heterocycles. The molecule has 18 heavy (non-hydrogen) atoms. The molecule has 0 aliphatic carbocycles. The summed E-state index contributed by atoms with van der Waals surface area (Å²) in [6.45, 7) is 4.18. The van der Waals surface area contributed by atoms with Crippen LogP contribution in [-0.4, -0.2) is 28.2 Å². The van der Waals surface area contributed by atoms with Gasteiger partial charge in [-0.25, -0.2) is 9.97 Å². The normalized spacial score (nSPS) is 18.1. The van der Waals surface area contributed by atoms with E-state index in [1.807, 2.05) is 31.6 Å². The van der Waals surface area contributed by atoms with Crippen LogP contribution in [0.2, 0.25) is 0 Å². The SMILES string of the molecule is Cc1cncnc1N1c2ccncc2N(C)C1C. The lowest BCUT2D eigenvalue weighted by molar-refractivity contribution is 0.723. The van der Waals surface area contributed by atoms with Gasteiger partial charge in [-0.05, 0) is 19.9 Å². The van der Waals surface area contributed by atoms with Gasteiger partial charge >= 0.3 is 0 Å². The summed E-state index contributed by atoms with van der Waals surface area (Å²) in [6, 6.07) is 2.02. The molecule has 0 fully saturated rings. The summed E-state index contributed by atoms with van der Waals surface area (Å²) in [6.07, 6.45) is 7.36. The van der Waals surface area contributed by atoms with Crippen LogP contribution in [0.5, 0.6) is 0 Å². The maximum absolute atomic E-state index is 4.41. The van der Waals surface area contributed by atoms with Gasteiger partial charge in [0.05, 0.1) is 17.6 Å². The lowest BCUT2D eigenvalue weighted by atomic mass is 10.3. The number of nitrogens with zero attached hydrogens (tertiary/aromatic N) is 5. The smallest absolute Gasteiger partial charge is 0.141 e. The molecule has 0 spiro atoms. The van der Waals surface area contributed by atoms with Gasteiger partial charge in [-0.1, -0.05) is 0 Å². The van der Waals surface area contributed by atoms with Crippen LogP contribution in [0, 0.1) is 6.92 Å². The molecular weight excluding hydrogens is 226 g/mol. The summed E-state index contributed by atoms with van der Waals surface area (Å²) in [5.41, 5.74) is 3.34. The molecular formula is C13H15N5. The average molecular weight is 241 g/mol. The van der Waals surface area contributed by atoms with E-state index in [4.69, 9.17) is 0 Å². The average Bonchev–Trinajstić information content (AvgIpc) is 2.64. The second-order valence-electron chi connectivity index (χ2n) is 4.51. The second-order valence-corrected chi connectivity index (χ2v) is 4.51. The molecule has 0 amide bonds. The van der Waals surface area contributed by atoms with Gasteiger partial charge in [0.15, 0.2) is 0 Å². The van der Waals surface area contributed by atoms with Crippen LogP contribution in [0.4, 0.5) is 17.2 Å². The Bertz CT molecular complexity index is 583. The van der Waals surface area contributed by atoms with Gasteiger partial charge in [-0.2, -0.15) is 0 Å². The molecule has 3 heterocycles. The molecule has 2 aromatic heterocycles. The first-order valence-corrected chi connectivity index (χ1v) is 5.93. The van der Waals surface area contributed by atoms with Crippen molar-refractivity contribution in [2.75, 3.05) is 16.8 Å². The van der Waals surface area contributed by atoms with Gasteiger partial charge in [0.25, 0.3) is 0 Å². The van der Waals surface area contributed by atoms with Crippen molar-refractivity contribution in [3.05, 3.63) is 36.5 Å². The lowest BCUT2D eigenvalue weighted by Crippen LogP contribution is -2.36. The van der Waals surface area contributed by atoms with E-state index in [0.717, 1.165) is 22.8 Å². The molecule has 92 valence electrons. The van der Waals surface area contributed by atoms with Crippen LogP contribution in [-0.2, 0) is 0 Å². The molecule has 1 aliphatic heterocycles. The Hall–Kier alpha value is -2.17. The summed E-state index contributed by atoms with van der Waals surface area (Å²) in [5.74, 6) is 0.953. The first-order chi connectivity index (χ1) is 8.70. The van der Waals surface area contributed by atoms with Crippen molar-refractivity contribution < 1.29 is 0 Å². The molecule has 0 aromatic carbocycles. The third kappa shape index (κ3) is 1.44. The Labute approximate surface area is 106 Å². The summed E-state index contributed by atoms with van der Waals surface area (Å²) in [5, 5.41) is 0. The van der Waals surface area contributed by atoms with E-state index in [-0.39, 0.29) is 6.17 Å². The zero-order chi connectivity index (χ0) is 12.7. The fraction of sp³-hybridized carbons (Fsp3) is 0.308. The molecule has 5 nitrogen and oxygen atoms in total. The van der Waals surface area contributed by atoms with Crippen molar-refractivity contribution in [1.82, 2.24) is 15.0 Å². The summed E-state index contributed by atoms with van der Waals surface area (Å²) in [7, 11) is 2.07. The Morgan fingerprint density at radius 2 is 2.00 bits per heavy atom. The molecule has 0 saturated carbocycles. The number of fused-ring (bicyclic) bond motifs is 1. The Morgan fingerprint density at radius 1 is 1.17 bits per heavy atom. The van der Waals surface area contributed by atoms with Gasteiger partial charge in [-0.15, -0.1) is 0 Å². The number of aromatic nitrogens is 3. The summed E-state index contributed by atoms with van der Waals surface area (Å²) < 4.78 is 0. The van der Waals surface area contributed by atoms with Crippen LogP contribution in [0.15, 0.2) is 31.0 Å². The predicted molar refractivity (Wildman–Crippen MR) is 71.0 cm³/mol. The zero-order valence-electron chi connectivity index (χ0n) is 10.7. The van der Waals surface area contributed by atoms with E-state index in [1.54, 1.807) is 6.33 Å². The summed E-state index contributed by atoms with van der Waals surface area (Å²) >= 11 is 0. The van der Waals surface area contributed by atoms with Crippen LogP contribution in [0.25, 0.3) is 0 Å². The molecule has 1 atom stereocenters. The number of aryl methyl sites for hydroxylation is 1. The standard InChI is InChI=1S/C13H15N5/c1-9-6-15-8-16-13(9)18-10(2)17(3)12-7-14-5-4-11(12)18/h4-8,10H,1-3H3. The first-order valence-electron chi connectivity index (χ1n) is 5.93. The molecule has 0 radical (unpaired) electrons. The highest BCUT2D eigenvalue weighted by Gasteiger charge is 2.32. The quantitative estimate of drug-likeness (QED) is 0.765. The van der Waals surface area contributed by atoms with Gasteiger partial charge in [-0.3, -0.25) is 4.98 Å². The number of pyridine rings is 1. The fourth-order valence-corrected chi connectivity index (χ4v) is 2.37. The highest BCUT2D eigenvalue weighted by Crippen LogP contribution is 2.42.